The zero-order chi connectivity index (χ0) is 18.0. The molecule has 0 radical (unpaired) electrons. The van der Waals surface area contributed by atoms with Crippen molar-refractivity contribution in [2.75, 3.05) is 6.54 Å². The van der Waals surface area contributed by atoms with Crippen LogP contribution < -0.4 is 5.11 Å². The Labute approximate surface area is 141 Å². The molecule has 1 aromatic rings. The number of nitrogens with zero attached hydrogens (tertiary/aromatic N) is 2. The second-order valence-corrected chi connectivity index (χ2v) is 7.04. The number of carbonyl (C=O) groups is 2. The maximum Gasteiger partial charge on any atom is 0.411 e. The van der Waals surface area contributed by atoms with Crippen LogP contribution in [-0.2, 0) is 16.0 Å². The Morgan fingerprint density at radius 2 is 2.12 bits per heavy atom. The fraction of sp³-hybridized carbons (Fsp3) is 0.500. The van der Waals surface area contributed by atoms with Crippen LogP contribution in [0, 0.1) is 11.3 Å². The number of likely N-dealkylation sites (tertiary alicyclic amines) is 1. The molecule has 0 unspecified atom stereocenters. The summed E-state index contributed by atoms with van der Waals surface area (Å²) < 4.78 is 5.35. The van der Waals surface area contributed by atoms with Gasteiger partial charge in [-0.15, -0.1) is 0 Å². The van der Waals surface area contributed by atoms with Crippen molar-refractivity contribution >= 4 is 12.1 Å². The molecule has 1 atom stereocenters. The van der Waals surface area contributed by atoms with Crippen LogP contribution in [0.1, 0.15) is 44.7 Å². The van der Waals surface area contributed by atoms with Crippen LogP contribution in [0.15, 0.2) is 24.3 Å². The molecule has 2 rings (SSSR count). The topological polar surface area (TPSA) is 93.5 Å². The van der Waals surface area contributed by atoms with E-state index >= 15 is 0 Å². The van der Waals surface area contributed by atoms with Gasteiger partial charge in [-0.3, -0.25) is 4.90 Å². The first-order chi connectivity index (χ1) is 11.2. The van der Waals surface area contributed by atoms with Crippen LogP contribution in [0.3, 0.4) is 0 Å². The molecule has 0 aromatic heterocycles. The third-order valence-electron chi connectivity index (χ3n) is 4.04. The number of carboxylic acid groups (broad SMARTS) is 1. The largest absolute Gasteiger partial charge is 0.548 e. The molecule has 6 heteroatoms. The van der Waals surface area contributed by atoms with Gasteiger partial charge in [0.2, 0.25) is 0 Å². The van der Waals surface area contributed by atoms with Gasteiger partial charge < -0.3 is 14.6 Å². The van der Waals surface area contributed by atoms with Gasteiger partial charge in [0.25, 0.3) is 0 Å². The highest BCUT2D eigenvalue weighted by Gasteiger charge is 2.46. The number of hydrogen-bond donors (Lipinski definition) is 0. The first-order valence-electron chi connectivity index (χ1n) is 7.89. The molecule has 0 N–H and O–H groups in total. The Morgan fingerprint density at radius 3 is 2.71 bits per heavy atom. The molecule has 1 aliphatic heterocycles. The smallest absolute Gasteiger partial charge is 0.411 e. The molecule has 1 aromatic carbocycles. The van der Waals surface area contributed by atoms with Gasteiger partial charge in [0.15, 0.2) is 0 Å². The summed E-state index contributed by atoms with van der Waals surface area (Å²) in [5, 5.41) is 20.9. The number of rotatable bonds is 3. The molecule has 6 nitrogen and oxygen atoms in total. The van der Waals surface area contributed by atoms with Crippen LogP contribution >= 0.6 is 0 Å². The van der Waals surface area contributed by atoms with Gasteiger partial charge in [-0.25, -0.2) is 4.79 Å². The molecular weight excluding hydrogens is 308 g/mol. The Morgan fingerprint density at radius 1 is 1.42 bits per heavy atom. The van der Waals surface area contributed by atoms with E-state index < -0.39 is 23.2 Å². The van der Waals surface area contributed by atoms with Crippen LogP contribution in [0.4, 0.5) is 4.79 Å². The summed E-state index contributed by atoms with van der Waals surface area (Å²) in [5.74, 6) is -1.30. The Hall–Kier alpha value is -2.55. The highest BCUT2D eigenvalue weighted by Crippen LogP contribution is 2.34. The van der Waals surface area contributed by atoms with E-state index in [1.165, 1.54) is 4.90 Å². The maximum absolute atomic E-state index is 12.5. The van der Waals surface area contributed by atoms with Gasteiger partial charge in [0.1, 0.15) is 5.60 Å². The lowest BCUT2D eigenvalue weighted by Gasteiger charge is -2.40. The minimum atomic E-state index is -1.45. The monoisotopic (exact) mass is 329 g/mol. The van der Waals surface area contributed by atoms with E-state index in [-0.39, 0.29) is 6.42 Å². The lowest BCUT2D eigenvalue weighted by Crippen LogP contribution is -2.60. The van der Waals surface area contributed by atoms with Gasteiger partial charge in [-0.1, -0.05) is 12.1 Å². The summed E-state index contributed by atoms with van der Waals surface area (Å²) in [6.45, 7) is 5.51. The maximum atomic E-state index is 12.5. The summed E-state index contributed by atoms with van der Waals surface area (Å²) >= 11 is 0. The van der Waals surface area contributed by atoms with Gasteiger partial charge in [0, 0.05) is 13.0 Å². The number of benzene rings is 1. The summed E-state index contributed by atoms with van der Waals surface area (Å²) in [6, 6.07) is 8.76. The van der Waals surface area contributed by atoms with Gasteiger partial charge in [0.05, 0.1) is 23.1 Å². The standard InChI is InChI=1S/C18H22N2O4/c1-17(2,3)24-16(23)20-9-5-8-18(20,15(21)22)11-13-6-4-7-14(10-13)12-19/h4,6-7,10H,5,8-9,11H2,1-3H3,(H,21,22)/p-1/t18-/m0/s1. The van der Waals surface area contributed by atoms with E-state index in [1.807, 2.05) is 6.07 Å². The predicted molar refractivity (Wildman–Crippen MR) is 84.8 cm³/mol. The van der Waals surface area contributed by atoms with Gasteiger partial charge in [-0.2, -0.15) is 5.26 Å². The molecule has 1 amide bonds. The van der Waals surface area contributed by atoms with E-state index in [0.29, 0.717) is 30.5 Å². The van der Waals surface area contributed by atoms with Crippen molar-refractivity contribution in [3.8, 4) is 6.07 Å². The van der Waals surface area contributed by atoms with Crippen molar-refractivity contribution in [2.45, 2.75) is 51.2 Å². The minimum absolute atomic E-state index is 0.0874. The molecule has 128 valence electrons. The molecular formula is C18H21N2O4-. The molecule has 1 aliphatic rings. The van der Waals surface area contributed by atoms with Crippen molar-refractivity contribution in [1.29, 1.82) is 5.26 Å². The summed E-state index contributed by atoms with van der Waals surface area (Å²) in [7, 11) is 0. The third kappa shape index (κ3) is 3.67. The number of aliphatic carboxylic acids is 1. The van der Waals surface area contributed by atoms with Crippen molar-refractivity contribution in [2.24, 2.45) is 0 Å². The first-order valence-corrected chi connectivity index (χ1v) is 7.89. The molecule has 1 heterocycles. The van der Waals surface area contributed by atoms with E-state index in [2.05, 4.69) is 0 Å². The van der Waals surface area contributed by atoms with E-state index in [4.69, 9.17) is 10.00 Å². The van der Waals surface area contributed by atoms with E-state index in [9.17, 15) is 14.7 Å². The Balaban J connectivity index is 2.33. The minimum Gasteiger partial charge on any atom is -0.548 e. The SMILES string of the molecule is CC(C)(C)OC(=O)N1CCC[C@]1(Cc1cccc(C#N)c1)C(=O)[O-]. The quantitative estimate of drug-likeness (QED) is 0.840. The zero-order valence-electron chi connectivity index (χ0n) is 14.2. The van der Waals surface area contributed by atoms with Crippen LogP contribution in [-0.4, -0.2) is 34.6 Å². The van der Waals surface area contributed by atoms with Crippen LogP contribution in [0.2, 0.25) is 0 Å². The second-order valence-electron chi connectivity index (χ2n) is 7.04. The summed E-state index contributed by atoms with van der Waals surface area (Å²) in [6.07, 6.45) is 0.293. The number of nitriles is 1. The highest BCUT2D eigenvalue weighted by molar-refractivity contribution is 5.84. The Bertz CT molecular complexity index is 687. The van der Waals surface area contributed by atoms with Crippen molar-refractivity contribution in [1.82, 2.24) is 4.90 Å². The molecule has 0 aliphatic carbocycles. The average molecular weight is 329 g/mol. The molecule has 0 bridgehead atoms. The summed E-state index contributed by atoms with van der Waals surface area (Å²) in [4.78, 5) is 25.6. The first kappa shape index (κ1) is 17.8. The average Bonchev–Trinajstić information content (AvgIpc) is 2.91. The number of carbonyl (C=O) groups excluding carboxylic acids is 2. The Kier molecular flexibility index (Phi) is 4.83. The molecule has 24 heavy (non-hydrogen) atoms. The van der Waals surface area contributed by atoms with Crippen molar-refractivity contribution < 1.29 is 19.4 Å². The van der Waals surface area contributed by atoms with E-state index in [1.54, 1.807) is 45.0 Å². The van der Waals surface area contributed by atoms with Crippen LogP contribution in [0.5, 0.6) is 0 Å². The number of ether oxygens (including phenoxy) is 1. The highest BCUT2D eigenvalue weighted by atomic mass is 16.6. The predicted octanol–water partition coefficient (Wildman–Crippen LogP) is 1.62. The van der Waals surface area contributed by atoms with Crippen LogP contribution in [0.25, 0.3) is 0 Å². The molecule has 1 fully saturated rings. The number of hydrogen-bond acceptors (Lipinski definition) is 5. The number of amides is 1. The molecule has 1 saturated heterocycles. The second kappa shape index (κ2) is 6.52. The van der Waals surface area contributed by atoms with Crippen molar-refractivity contribution in [3.05, 3.63) is 35.4 Å². The molecule has 0 saturated carbocycles. The zero-order valence-corrected chi connectivity index (χ0v) is 14.2. The molecule has 0 spiro atoms. The van der Waals surface area contributed by atoms with Crippen molar-refractivity contribution in [3.63, 3.8) is 0 Å². The lowest BCUT2D eigenvalue weighted by atomic mass is 9.88. The summed E-state index contributed by atoms with van der Waals surface area (Å²) in [5.41, 5.74) is -1.04. The fourth-order valence-corrected chi connectivity index (χ4v) is 3.02. The third-order valence-corrected chi connectivity index (χ3v) is 4.04. The number of carboxylic acids is 1. The van der Waals surface area contributed by atoms with Gasteiger partial charge >= 0.3 is 6.09 Å². The fourth-order valence-electron chi connectivity index (χ4n) is 3.02. The lowest BCUT2D eigenvalue weighted by molar-refractivity contribution is -0.317. The van der Waals surface area contributed by atoms with Gasteiger partial charge in [-0.05, 0) is 51.3 Å². The van der Waals surface area contributed by atoms with E-state index in [0.717, 1.165) is 0 Å². The normalized spacial score (nSPS) is 20.5.